The summed E-state index contributed by atoms with van der Waals surface area (Å²) in [5.74, 6) is 0. The summed E-state index contributed by atoms with van der Waals surface area (Å²) in [7, 11) is 0. The van der Waals surface area contributed by atoms with Crippen LogP contribution < -0.4 is 5.73 Å². The standard InChI is InChI=1S/C11H10N4/c12-5-1-3-10(8-14)7-11(9-15)4-2-6-13/h1-7,12H,13H2/b3-1+,6-2+,10-7-,11-4-,12-5?. The minimum absolute atomic E-state index is 0.303. The molecule has 0 saturated carbocycles. The van der Waals surface area contributed by atoms with Gasteiger partial charge in [0.1, 0.15) is 0 Å². The van der Waals surface area contributed by atoms with E-state index in [4.69, 9.17) is 21.7 Å². The van der Waals surface area contributed by atoms with Gasteiger partial charge in [0, 0.05) is 6.21 Å². The lowest BCUT2D eigenvalue weighted by Gasteiger charge is -1.87. The summed E-state index contributed by atoms with van der Waals surface area (Å²) >= 11 is 0. The van der Waals surface area contributed by atoms with Crippen molar-refractivity contribution in [3.05, 3.63) is 47.7 Å². The van der Waals surface area contributed by atoms with E-state index in [1.165, 1.54) is 36.6 Å². The lowest BCUT2D eigenvalue weighted by Crippen LogP contribution is -1.78. The molecule has 0 aliphatic rings. The van der Waals surface area contributed by atoms with Crippen LogP contribution in [0.2, 0.25) is 0 Å². The van der Waals surface area contributed by atoms with Crippen LogP contribution in [0.5, 0.6) is 0 Å². The Morgan fingerprint density at radius 2 is 1.80 bits per heavy atom. The lowest BCUT2D eigenvalue weighted by molar-refractivity contribution is 1.46. The Morgan fingerprint density at radius 3 is 2.27 bits per heavy atom. The summed E-state index contributed by atoms with van der Waals surface area (Å²) < 4.78 is 0. The van der Waals surface area contributed by atoms with Gasteiger partial charge in [0.25, 0.3) is 0 Å². The van der Waals surface area contributed by atoms with Crippen LogP contribution in [0.1, 0.15) is 0 Å². The van der Waals surface area contributed by atoms with Gasteiger partial charge < -0.3 is 11.1 Å². The van der Waals surface area contributed by atoms with Gasteiger partial charge in [-0.05, 0) is 36.6 Å². The fourth-order valence-electron chi connectivity index (χ4n) is 0.714. The van der Waals surface area contributed by atoms with Gasteiger partial charge >= 0.3 is 0 Å². The van der Waals surface area contributed by atoms with Crippen molar-refractivity contribution in [1.29, 1.82) is 15.9 Å². The Balaban J connectivity index is 4.98. The summed E-state index contributed by atoms with van der Waals surface area (Å²) in [6.45, 7) is 0. The summed E-state index contributed by atoms with van der Waals surface area (Å²) in [5, 5.41) is 24.2. The molecule has 4 nitrogen and oxygen atoms in total. The quantitative estimate of drug-likeness (QED) is 0.407. The van der Waals surface area contributed by atoms with Crippen LogP contribution in [0.3, 0.4) is 0 Å². The zero-order valence-electron chi connectivity index (χ0n) is 8.01. The molecule has 0 radical (unpaired) electrons. The number of nitrogens with two attached hydrogens (primary N) is 1. The highest BCUT2D eigenvalue weighted by Crippen LogP contribution is 2.02. The first-order valence-corrected chi connectivity index (χ1v) is 4.06. The number of allylic oxidation sites excluding steroid dienone is 7. The first-order chi connectivity index (χ1) is 7.28. The van der Waals surface area contributed by atoms with E-state index in [-0.39, 0.29) is 0 Å². The van der Waals surface area contributed by atoms with Crippen molar-refractivity contribution in [2.24, 2.45) is 5.73 Å². The third kappa shape index (κ3) is 5.62. The van der Waals surface area contributed by atoms with E-state index < -0.39 is 0 Å². The van der Waals surface area contributed by atoms with Crippen molar-refractivity contribution in [3.63, 3.8) is 0 Å². The number of nitrogens with zero attached hydrogens (tertiary/aromatic N) is 2. The van der Waals surface area contributed by atoms with Crippen LogP contribution in [0.25, 0.3) is 0 Å². The molecular weight excluding hydrogens is 188 g/mol. The van der Waals surface area contributed by atoms with Crippen LogP contribution in [-0.4, -0.2) is 6.21 Å². The van der Waals surface area contributed by atoms with Gasteiger partial charge in [-0.15, -0.1) is 0 Å². The lowest BCUT2D eigenvalue weighted by atomic mass is 10.1. The molecule has 0 fully saturated rings. The van der Waals surface area contributed by atoms with Crippen molar-refractivity contribution < 1.29 is 0 Å². The van der Waals surface area contributed by atoms with Crippen molar-refractivity contribution >= 4 is 6.21 Å². The molecule has 74 valence electrons. The molecule has 0 amide bonds. The third-order valence-corrected chi connectivity index (χ3v) is 1.33. The second-order valence-electron chi connectivity index (χ2n) is 2.36. The highest BCUT2D eigenvalue weighted by Gasteiger charge is 1.92. The number of hydrogen-bond donors (Lipinski definition) is 2. The van der Waals surface area contributed by atoms with Gasteiger partial charge in [-0.1, -0.05) is 0 Å². The highest BCUT2D eigenvalue weighted by molar-refractivity contribution is 5.69. The Bertz CT molecular complexity index is 411. The Morgan fingerprint density at radius 1 is 1.13 bits per heavy atom. The Hall–Kier alpha value is -2.59. The van der Waals surface area contributed by atoms with Crippen LogP contribution in [-0.2, 0) is 0 Å². The molecule has 0 bridgehead atoms. The van der Waals surface area contributed by atoms with E-state index in [0.29, 0.717) is 11.1 Å². The summed E-state index contributed by atoms with van der Waals surface area (Å²) in [4.78, 5) is 0. The van der Waals surface area contributed by atoms with E-state index in [2.05, 4.69) is 0 Å². The fraction of sp³-hybridized carbons (Fsp3) is 0. The van der Waals surface area contributed by atoms with E-state index >= 15 is 0 Å². The first-order valence-electron chi connectivity index (χ1n) is 4.06. The molecule has 0 aromatic heterocycles. The molecule has 15 heavy (non-hydrogen) atoms. The van der Waals surface area contributed by atoms with Crippen LogP contribution in [0.15, 0.2) is 47.7 Å². The van der Waals surface area contributed by atoms with Gasteiger partial charge in [-0.25, -0.2) is 0 Å². The van der Waals surface area contributed by atoms with Gasteiger partial charge in [-0.3, -0.25) is 0 Å². The SMILES string of the molecule is N#CC(=C\C=C\N)/C=C(C#N)/C=C/C=N. The second kappa shape index (κ2) is 8.03. The normalized spacial score (nSPS) is 12.7. The highest BCUT2D eigenvalue weighted by atomic mass is 14.5. The maximum absolute atomic E-state index is 8.71. The molecule has 0 heterocycles. The fourth-order valence-corrected chi connectivity index (χ4v) is 0.714. The van der Waals surface area contributed by atoms with Gasteiger partial charge in [0.2, 0.25) is 0 Å². The van der Waals surface area contributed by atoms with Gasteiger partial charge in [0.15, 0.2) is 0 Å². The zero-order chi connectivity index (χ0) is 11.5. The average molecular weight is 198 g/mol. The van der Waals surface area contributed by atoms with Crippen LogP contribution >= 0.6 is 0 Å². The molecule has 0 atom stereocenters. The average Bonchev–Trinajstić information content (AvgIpc) is 2.28. The molecule has 0 unspecified atom stereocenters. The summed E-state index contributed by atoms with van der Waals surface area (Å²) in [6, 6.07) is 3.82. The van der Waals surface area contributed by atoms with Crippen molar-refractivity contribution in [3.8, 4) is 12.1 Å². The molecule has 3 N–H and O–H groups in total. The second-order valence-corrected chi connectivity index (χ2v) is 2.36. The molecule has 0 aromatic rings. The van der Waals surface area contributed by atoms with Crippen LogP contribution in [0, 0.1) is 28.1 Å². The van der Waals surface area contributed by atoms with Gasteiger partial charge in [0.05, 0.1) is 23.3 Å². The minimum atomic E-state index is 0.303. The monoisotopic (exact) mass is 198 g/mol. The maximum Gasteiger partial charge on any atom is 0.0992 e. The van der Waals surface area contributed by atoms with E-state index in [0.717, 1.165) is 6.21 Å². The zero-order valence-corrected chi connectivity index (χ0v) is 8.01. The molecule has 0 rings (SSSR count). The molecule has 0 aliphatic heterocycles. The Kier molecular flexibility index (Phi) is 6.64. The summed E-state index contributed by atoms with van der Waals surface area (Å²) in [5.41, 5.74) is 5.74. The molecule has 4 heteroatoms. The maximum atomic E-state index is 8.71. The molecular formula is C11H10N4. The van der Waals surface area contributed by atoms with E-state index in [9.17, 15) is 0 Å². The van der Waals surface area contributed by atoms with Crippen molar-refractivity contribution in [2.45, 2.75) is 0 Å². The first kappa shape index (κ1) is 12.4. The predicted molar refractivity (Wildman–Crippen MR) is 58.6 cm³/mol. The third-order valence-electron chi connectivity index (χ3n) is 1.33. The van der Waals surface area contributed by atoms with Crippen molar-refractivity contribution in [2.75, 3.05) is 0 Å². The number of nitriles is 2. The van der Waals surface area contributed by atoms with E-state index in [1.54, 1.807) is 0 Å². The largest absolute Gasteiger partial charge is 0.405 e. The minimum Gasteiger partial charge on any atom is -0.405 e. The number of nitrogens with one attached hydrogen (secondary N) is 1. The van der Waals surface area contributed by atoms with E-state index in [1.807, 2.05) is 12.1 Å². The smallest absolute Gasteiger partial charge is 0.0992 e. The number of rotatable bonds is 4. The van der Waals surface area contributed by atoms with Crippen molar-refractivity contribution in [1.82, 2.24) is 0 Å². The molecule has 0 aliphatic carbocycles. The summed E-state index contributed by atoms with van der Waals surface area (Å²) in [6.07, 6.45) is 9.62. The van der Waals surface area contributed by atoms with Crippen LogP contribution in [0.4, 0.5) is 0 Å². The molecule has 0 spiro atoms. The number of hydrogen-bond acceptors (Lipinski definition) is 4. The topological polar surface area (TPSA) is 97.4 Å². The molecule has 0 aromatic carbocycles. The van der Waals surface area contributed by atoms with Gasteiger partial charge in [-0.2, -0.15) is 10.5 Å². The Labute approximate surface area is 88.4 Å². The molecule has 0 saturated heterocycles. The predicted octanol–water partition coefficient (Wildman–Crippen LogP) is 1.56.